The minimum absolute atomic E-state index is 0.0650. The first-order chi connectivity index (χ1) is 7.25. The SMILES string of the molecule is O=c1cc[nH]c2cc3c(Br)csc3cc12. The third-order valence-corrected chi connectivity index (χ3v) is 4.31. The molecule has 0 amide bonds. The fraction of sp³-hybridized carbons (Fsp3) is 0. The van der Waals surface area contributed by atoms with Gasteiger partial charge in [-0.05, 0) is 28.1 Å². The first-order valence-electron chi connectivity index (χ1n) is 4.44. The fourth-order valence-corrected chi connectivity index (χ4v) is 3.24. The largest absolute Gasteiger partial charge is 0.361 e. The lowest BCUT2D eigenvalue weighted by molar-refractivity contribution is 1.40. The monoisotopic (exact) mass is 279 g/mol. The van der Waals surface area contributed by atoms with Crippen LogP contribution in [0.3, 0.4) is 0 Å². The van der Waals surface area contributed by atoms with Crippen LogP contribution in [0.4, 0.5) is 0 Å². The highest BCUT2D eigenvalue weighted by molar-refractivity contribution is 9.10. The van der Waals surface area contributed by atoms with Crippen LogP contribution in [0.2, 0.25) is 0 Å². The summed E-state index contributed by atoms with van der Waals surface area (Å²) >= 11 is 5.13. The van der Waals surface area contributed by atoms with Crippen LogP contribution >= 0.6 is 27.3 Å². The molecule has 2 nitrogen and oxygen atoms in total. The summed E-state index contributed by atoms with van der Waals surface area (Å²) in [4.78, 5) is 14.7. The molecule has 2 heterocycles. The van der Waals surface area contributed by atoms with Crippen LogP contribution in [0.5, 0.6) is 0 Å². The van der Waals surface area contributed by atoms with Gasteiger partial charge in [0.05, 0.1) is 0 Å². The molecule has 0 unspecified atom stereocenters. The predicted octanol–water partition coefficient (Wildman–Crippen LogP) is 3.51. The van der Waals surface area contributed by atoms with E-state index in [1.165, 1.54) is 0 Å². The maximum atomic E-state index is 11.6. The van der Waals surface area contributed by atoms with Crippen LogP contribution in [0, 0.1) is 0 Å². The molecular weight excluding hydrogens is 274 g/mol. The minimum atomic E-state index is 0.0650. The van der Waals surface area contributed by atoms with Gasteiger partial charge >= 0.3 is 0 Å². The van der Waals surface area contributed by atoms with Crippen LogP contribution in [-0.2, 0) is 0 Å². The molecule has 1 N–H and O–H groups in total. The van der Waals surface area contributed by atoms with Crippen molar-refractivity contribution in [2.45, 2.75) is 0 Å². The smallest absolute Gasteiger partial charge is 0.189 e. The number of H-pyrrole nitrogens is 1. The second-order valence-corrected chi connectivity index (χ2v) is 5.09. The molecular formula is C11H6BrNOS. The van der Waals surface area contributed by atoms with E-state index in [0.29, 0.717) is 0 Å². The van der Waals surface area contributed by atoms with Crippen molar-refractivity contribution in [3.63, 3.8) is 0 Å². The first kappa shape index (κ1) is 9.12. The van der Waals surface area contributed by atoms with Crippen LogP contribution in [0.25, 0.3) is 21.0 Å². The lowest BCUT2D eigenvalue weighted by Crippen LogP contribution is -1.99. The number of nitrogens with one attached hydrogen (secondary N) is 1. The molecule has 3 rings (SSSR count). The highest BCUT2D eigenvalue weighted by Gasteiger charge is 2.05. The van der Waals surface area contributed by atoms with Crippen LogP contribution in [-0.4, -0.2) is 4.98 Å². The summed E-state index contributed by atoms with van der Waals surface area (Å²) in [6.45, 7) is 0. The average molecular weight is 280 g/mol. The Hall–Kier alpha value is -1.13. The van der Waals surface area contributed by atoms with Crippen molar-refractivity contribution < 1.29 is 0 Å². The molecule has 0 aliphatic heterocycles. The fourth-order valence-electron chi connectivity index (χ4n) is 1.66. The van der Waals surface area contributed by atoms with Gasteiger partial charge in [0.25, 0.3) is 0 Å². The Balaban J connectivity index is 2.61. The number of pyridine rings is 1. The second-order valence-electron chi connectivity index (χ2n) is 3.32. The third kappa shape index (κ3) is 1.33. The number of aromatic nitrogens is 1. The van der Waals surface area contributed by atoms with E-state index < -0.39 is 0 Å². The van der Waals surface area contributed by atoms with Crippen molar-refractivity contribution in [2.24, 2.45) is 0 Å². The topological polar surface area (TPSA) is 32.9 Å². The van der Waals surface area contributed by atoms with Crippen molar-refractivity contribution in [1.82, 2.24) is 4.98 Å². The molecule has 2 aromatic heterocycles. The standard InChI is InChI=1S/C11H6BrNOS/c12-8-5-15-11-4-7-9(3-6(8)11)13-2-1-10(7)14/h1-5H,(H,13,14). The van der Waals surface area contributed by atoms with Crippen LogP contribution < -0.4 is 5.43 Å². The van der Waals surface area contributed by atoms with Crippen molar-refractivity contribution in [1.29, 1.82) is 0 Å². The summed E-state index contributed by atoms with van der Waals surface area (Å²) < 4.78 is 2.21. The third-order valence-electron chi connectivity index (χ3n) is 2.41. The molecule has 0 saturated heterocycles. The molecule has 0 saturated carbocycles. The normalized spacial score (nSPS) is 11.3. The molecule has 0 bridgehead atoms. The van der Waals surface area contributed by atoms with Gasteiger partial charge < -0.3 is 4.98 Å². The van der Waals surface area contributed by atoms with Crippen molar-refractivity contribution in [3.8, 4) is 0 Å². The zero-order valence-electron chi connectivity index (χ0n) is 7.58. The molecule has 0 aliphatic carbocycles. The number of aromatic amines is 1. The van der Waals surface area contributed by atoms with Crippen LogP contribution in [0.15, 0.2) is 39.0 Å². The number of rotatable bonds is 0. The van der Waals surface area contributed by atoms with E-state index in [0.717, 1.165) is 25.5 Å². The van der Waals surface area contributed by atoms with Crippen molar-refractivity contribution in [2.75, 3.05) is 0 Å². The van der Waals surface area contributed by atoms with Gasteiger partial charge in [-0.3, -0.25) is 4.79 Å². The second kappa shape index (κ2) is 3.18. The van der Waals surface area contributed by atoms with Crippen molar-refractivity contribution in [3.05, 3.63) is 44.5 Å². The predicted molar refractivity (Wildman–Crippen MR) is 67.7 cm³/mol. The Bertz CT molecular complexity index is 713. The lowest BCUT2D eigenvalue weighted by atomic mass is 10.2. The lowest BCUT2D eigenvalue weighted by Gasteiger charge is -1.97. The zero-order valence-corrected chi connectivity index (χ0v) is 9.98. The van der Waals surface area contributed by atoms with E-state index >= 15 is 0 Å². The van der Waals surface area contributed by atoms with E-state index in [2.05, 4.69) is 20.9 Å². The first-order valence-corrected chi connectivity index (χ1v) is 6.11. The van der Waals surface area contributed by atoms with Gasteiger partial charge in [-0.25, -0.2) is 0 Å². The Labute approximate surface area is 97.7 Å². The summed E-state index contributed by atoms with van der Waals surface area (Å²) in [5, 5.41) is 3.93. The molecule has 1 aromatic carbocycles. The number of benzene rings is 1. The van der Waals surface area contributed by atoms with Gasteiger partial charge in [-0.1, -0.05) is 0 Å². The van der Waals surface area contributed by atoms with Gasteiger partial charge in [0.15, 0.2) is 5.43 Å². The molecule has 0 fully saturated rings. The molecule has 0 aliphatic rings. The van der Waals surface area contributed by atoms with Crippen LogP contribution in [0.1, 0.15) is 0 Å². The average Bonchev–Trinajstić information content (AvgIpc) is 2.59. The van der Waals surface area contributed by atoms with E-state index in [4.69, 9.17) is 0 Å². The summed E-state index contributed by atoms with van der Waals surface area (Å²) in [6.07, 6.45) is 1.68. The Morgan fingerprint density at radius 2 is 2.13 bits per heavy atom. The summed E-state index contributed by atoms with van der Waals surface area (Å²) in [5.74, 6) is 0. The molecule has 15 heavy (non-hydrogen) atoms. The number of halogens is 1. The summed E-state index contributed by atoms with van der Waals surface area (Å²) in [6, 6.07) is 5.50. The van der Waals surface area contributed by atoms with E-state index in [1.54, 1.807) is 23.6 Å². The molecule has 74 valence electrons. The van der Waals surface area contributed by atoms with E-state index in [9.17, 15) is 4.79 Å². The minimum Gasteiger partial charge on any atom is -0.361 e. The maximum absolute atomic E-state index is 11.6. The molecule has 0 spiro atoms. The van der Waals surface area contributed by atoms with Gasteiger partial charge in [0.2, 0.25) is 0 Å². The number of hydrogen-bond donors (Lipinski definition) is 1. The van der Waals surface area contributed by atoms with E-state index in [1.807, 2.05) is 17.5 Å². The molecule has 4 heteroatoms. The summed E-state index contributed by atoms with van der Waals surface area (Å²) in [7, 11) is 0. The van der Waals surface area contributed by atoms with E-state index in [-0.39, 0.29) is 5.43 Å². The van der Waals surface area contributed by atoms with Gasteiger partial charge in [-0.2, -0.15) is 0 Å². The number of thiophene rings is 1. The number of hydrogen-bond acceptors (Lipinski definition) is 2. The Morgan fingerprint density at radius 3 is 3.00 bits per heavy atom. The zero-order chi connectivity index (χ0) is 10.4. The van der Waals surface area contributed by atoms with Gasteiger partial charge in [0.1, 0.15) is 0 Å². The van der Waals surface area contributed by atoms with Gasteiger partial charge in [-0.15, -0.1) is 11.3 Å². The summed E-state index contributed by atoms with van der Waals surface area (Å²) in [5.41, 5.74) is 0.948. The quantitative estimate of drug-likeness (QED) is 0.671. The highest BCUT2D eigenvalue weighted by atomic mass is 79.9. The molecule has 3 aromatic rings. The Kier molecular flexibility index (Phi) is 1.94. The Morgan fingerprint density at radius 1 is 1.27 bits per heavy atom. The maximum Gasteiger partial charge on any atom is 0.189 e. The number of fused-ring (bicyclic) bond motifs is 2. The highest BCUT2D eigenvalue weighted by Crippen LogP contribution is 2.32. The molecule has 0 radical (unpaired) electrons. The van der Waals surface area contributed by atoms with Crippen molar-refractivity contribution >= 4 is 48.3 Å². The van der Waals surface area contributed by atoms with Gasteiger partial charge in [0, 0.05) is 43.1 Å². The molecule has 0 atom stereocenters.